The van der Waals surface area contributed by atoms with Crippen LogP contribution in [0.3, 0.4) is 0 Å². The monoisotopic (exact) mass is 353 g/mol. The summed E-state index contributed by atoms with van der Waals surface area (Å²) in [5, 5.41) is 11.2. The van der Waals surface area contributed by atoms with Gasteiger partial charge in [0.25, 0.3) is 5.91 Å². The van der Waals surface area contributed by atoms with Crippen molar-refractivity contribution in [3.05, 3.63) is 30.0 Å². The molecule has 0 spiro atoms. The highest BCUT2D eigenvalue weighted by Crippen LogP contribution is 2.37. The average Bonchev–Trinajstić information content (AvgIpc) is 3.20. The topological polar surface area (TPSA) is 67.2 Å². The van der Waals surface area contributed by atoms with Crippen LogP contribution in [0.4, 0.5) is 0 Å². The molecule has 126 valence electrons. The van der Waals surface area contributed by atoms with Gasteiger partial charge >= 0.3 is 0 Å². The molecule has 0 bridgehead atoms. The van der Waals surface area contributed by atoms with Crippen LogP contribution in [0, 0.1) is 11.8 Å². The molecular formula is C16H23N3O2S2. The van der Waals surface area contributed by atoms with Gasteiger partial charge < -0.3 is 15.2 Å². The highest BCUT2D eigenvalue weighted by Gasteiger charge is 2.38. The molecule has 7 heteroatoms. The molecule has 2 heterocycles. The molecule has 2 aromatic rings. The van der Waals surface area contributed by atoms with E-state index in [1.165, 1.54) is 19.3 Å². The Hall–Kier alpha value is -1.18. The van der Waals surface area contributed by atoms with Gasteiger partial charge in [-0.3, -0.25) is 4.79 Å². The van der Waals surface area contributed by atoms with Gasteiger partial charge in [-0.25, -0.2) is 0 Å². The molecule has 2 fully saturated rings. The van der Waals surface area contributed by atoms with Gasteiger partial charge in [0.15, 0.2) is 11.3 Å². The number of carbonyl (C=O) groups is 1. The van der Waals surface area contributed by atoms with E-state index >= 15 is 0 Å². The van der Waals surface area contributed by atoms with E-state index in [0.717, 1.165) is 23.8 Å². The number of hydrogen-bond donors (Lipinski definition) is 2. The summed E-state index contributed by atoms with van der Waals surface area (Å²) in [5.74, 6) is 1.38. The lowest BCUT2D eigenvalue weighted by atomic mass is 9.94. The van der Waals surface area contributed by atoms with Gasteiger partial charge in [0, 0.05) is 12.6 Å². The molecule has 23 heavy (non-hydrogen) atoms. The molecule has 1 aromatic heterocycles. The van der Waals surface area contributed by atoms with E-state index in [4.69, 9.17) is 4.52 Å². The Labute approximate surface area is 149 Å². The quantitative estimate of drug-likeness (QED) is 0.887. The molecule has 5 nitrogen and oxygen atoms in total. The largest absolute Gasteiger partial charge is 0.355 e. The molecule has 1 saturated heterocycles. The number of aromatic nitrogens is 1. The molecule has 4 rings (SSSR count). The lowest BCUT2D eigenvalue weighted by molar-refractivity contribution is 0.0940. The fourth-order valence-electron chi connectivity index (χ4n) is 3.86. The molecule has 0 radical (unpaired) electrons. The van der Waals surface area contributed by atoms with Gasteiger partial charge in [0.1, 0.15) is 0 Å². The Morgan fingerprint density at radius 2 is 2.13 bits per heavy atom. The predicted octanol–water partition coefficient (Wildman–Crippen LogP) is 2.17. The molecule has 1 aromatic carbocycles. The average molecular weight is 354 g/mol. The zero-order valence-corrected chi connectivity index (χ0v) is 14.8. The summed E-state index contributed by atoms with van der Waals surface area (Å²) in [6.45, 7) is 1.76. The van der Waals surface area contributed by atoms with Crippen molar-refractivity contribution in [2.45, 2.75) is 25.3 Å². The minimum atomic E-state index is -0.150. The number of amides is 1. The van der Waals surface area contributed by atoms with Crippen molar-refractivity contribution >= 4 is 43.9 Å². The maximum atomic E-state index is 12.3. The fourth-order valence-corrected chi connectivity index (χ4v) is 3.86. The first-order valence-electron chi connectivity index (χ1n) is 7.69. The van der Waals surface area contributed by atoms with Crippen molar-refractivity contribution < 1.29 is 9.32 Å². The van der Waals surface area contributed by atoms with Crippen molar-refractivity contribution in [3.8, 4) is 0 Å². The molecule has 1 saturated carbocycles. The number of nitrogens with one attached hydrogen (secondary N) is 2. The summed E-state index contributed by atoms with van der Waals surface area (Å²) >= 11 is 0. The Morgan fingerprint density at radius 1 is 1.30 bits per heavy atom. The second-order valence-electron chi connectivity index (χ2n) is 6.11. The predicted molar refractivity (Wildman–Crippen MR) is 99.7 cm³/mol. The summed E-state index contributed by atoms with van der Waals surface area (Å²) in [6, 6.07) is 7.85. The number of nitrogens with zero attached hydrogens (tertiary/aromatic N) is 1. The third-order valence-electron chi connectivity index (χ3n) is 4.95. The normalized spacial score (nSPS) is 25.5. The maximum Gasteiger partial charge on any atom is 0.274 e. The SMILES string of the molecule is O=C(NC[C@H]1NC[C@@H]2CCC[C@@H]21)c1noc2ccccc12.S.S. The van der Waals surface area contributed by atoms with E-state index in [9.17, 15) is 4.79 Å². The number of rotatable bonds is 3. The molecular weight excluding hydrogens is 330 g/mol. The molecule has 2 aliphatic rings. The van der Waals surface area contributed by atoms with Crippen molar-refractivity contribution in [1.29, 1.82) is 0 Å². The Kier molecular flexibility index (Phi) is 6.00. The highest BCUT2D eigenvalue weighted by atomic mass is 32.1. The van der Waals surface area contributed by atoms with Crippen LogP contribution >= 0.6 is 27.0 Å². The number of fused-ring (bicyclic) bond motifs is 2. The summed E-state index contributed by atoms with van der Waals surface area (Å²) in [7, 11) is 0. The Morgan fingerprint density at radius 3 is 3.00 bits per heavy atom. The number of para-hydroxylation sites is 1. The Bertz CT molecular complexity index is 676. The van der Waals surface area contributed by atoms with Crippen LogP contribution in [0.15, 0.2) is 28.8 Å². The van der Waals surface area contributed by atoms with Gasteiger partial charge in [-0.1, -0.05) is 23.7 Å². The lowest BCUT2D eigenvalue weighted by Crippen LogP contribution is -2.40. The summed E-state index contributed by atoms with van der Waals surface area (Å²) < 4.78 is 5.18. The van der Waals surface area contributed by atoms with E-state index in [0.29, 0.717) is 23.9 Å². The van der Waals surface area contributed by atoms with E-state index in [2.05, 4.69) is 15.8 Å². The first kappa shape index (κ1) is 18.2. The molecule has 2 N–H and O–H groups in total. The first-order valence-corrected chi connectivity index (χ1v) is 7.69. The molecule has 1 amide bonds. The summed E-state index contributed by atoms with van der Waals surface area (Å²) in [4.78, 5) is 12.3. The van der Waals surface area contributed by atoms with Gasteiger partial charge in [0.2, 0.25) is 0 Å². The molecule has 1 aliphatic heterocycles. The van der Waals surface area contributed by atoms with Crippen LogP contribution in [-0.2, 0) is 0 Å². The molecule has 0 unspecified atom stereocenters. The minimum absolute atomic E-state index is 0. The van der Waals surface area contributed by atoms with Gasteiger partial charge in [0.05, 0.1) is 5.39 Å². The smallest absolute Gasteiger partial charge is 0.274 e. The van der Waals surface area contributed by atoms with Gasteiger partial charge in [-0.2, -0.15) is 27.0 Å². The third-order valence-corrected chi connectivity index (χ3v) is 4.95. The second kappa shape index (κ2) is 7.59. The van der Waals surface area contributed by atoms with Crippen LogP contribution in [0.5, 0.6) is 0 Å². The Balaban J connectivity index is 0.000000960. The first-order chi connectivity index (χ1) is 10.3. The van der Waals surface area contributed by atoms with Crippen LogP contribution in [0.1, 0.15) is 29.8 Å². The van der Waals surface area contributed by atoms with Gasteiger partial charge in [-0.05, 0) is 43.4 Å². The van der Waals surface area contributed by atoms with E-state index in [-0.39, 0.29) is 32.9 Å². The van der Waals surface area contributed by atoms with Crippen LogP contribution in [0.2, 0.25) is 0 Å². The third kappa shape index (κ3) is 3.36. The number of benzene rings is 1. The number of carbonyl (C=O) groups excluding carboxylic acids is 1. The maximum absolute atomic E-state index is 12.3. The second-order valence-corrected chi connectivity index (χ2v) is 6.11. The summed E-state index contributed by atoms with van der Waals surface area (Å²) in [5.41, 5.74) is 1.03. The van der Waals surface area contributed by atoms with Crippen molar-refractivity contribution in [2.75, 3.05) is 13.1 Å². The van der Waals surface area contributed by atoms with Gasteiger partial charge in [-0.15, -0.1) is 0 Å². The molecule has 1 aliphatic carbocycles. The lowest BCUT2D eigenvalue weighted by Gasteiger charge is -2.18. The van der Waals surface area contributed by atoms with E-state index in [1.807, 2.05) is 24.3 Å². The zero-order valence-electron chi connectivity index (χ0n) is 12.8. The van der Waals surface area contributed by atoms with E-state index < -0.39 is 0 Å². The molecule has 3 atom stereocenters. The zero-order chi connectivity index (χ0) is 14.2. The van der Waals surface area contributed by atoms with Crippen LogP contribution in [0.25, 0.3) is 11.0 Å². The van der Waals surface area contributed by atoms with Crippen molar-refractivity contribution in [2.24, 2.45) is 11.8 Å². The van der Waals surface area contributed by atoms with Crippen LogP contribution < -0.4 is 10.6 Å². The summed E-state index contributed by atoms with van der Waals surface area (Å²) in [6.07, 6.45) is 3.94. The highest BCUT2D eigenvalue weighted by molar-refractivity contribution is 7.59. The van der Waals surface area contributed by atoms with E-state index in [1.54, 1.807) is 0 Å². The standard InChI is InChI=1S/C16H19N3O2.2H2S/c20-16(15-12-5-1-2-7-14(12)21-19-15)18-9-13-11-6-3-4-10(11)8-17-13;;/h1-2,5,7,10-11,13,17H,3-4,6,8-9H2,(H,18,20);2*1H2/t10-,11-,13+;;/m0../s1. The van der Waals surface area contributed by atoms with Crippen LogP contribution in [-0.4, -0.2) is 30.2 Å². The number of hydrogen-bond acceptors (Lipinski definition) is 4. The van der Waals surface area contributed by atoms with Crippen molar-refractivity contribution in [3.63, 3.8) is 0 Å². The fraction of sp³-hybridized carbons (Fsp3) is 0.500. The minimum Gasteiger partial charge on any atom is -0.355 e. The van der Waals surface area contributed by atoms with Crippen molar-refractivity contribution in [1.82, 2.24) is 15.8 Å².